The van der Waals surface area contributed by atoms with E-state index in [4.69, 9.17) is 9.72 Å². The molecule has 2 aromatic carbocycles. The molecular weight excluding hydrogens is 388 g/mol. The SMILES string of the molecule is CC1(C)OC2(C)c3ccccc3CCN2c2cc3sc(C4CCCCC4)nc3cc21. The Morgan fingerprint density at radius 3 is 2.67 bits per heavy atom. The molecule has 0 amide bonds. The molecule has 4 heteroatoms. The van der Waals surface area contributed by atoms with Crippen LogP contribution in [0.2, 0.25) is 0 Å². The van der Waals surface area contributed by atoms with Gasteiger partial charge in [-0.3, -0.25) is 0 Å². The van der Waals surface area contributed by atoms with Gasteiger partial charge in [0, 0.05) is 29.3 Å². The molecule has 2 aliphatic heterocycles. The van der Waals surface area contributed by atoms with Crippen molar-refractivity contribution in [3.05, 3.63) is 58.1 Å². The molecule has 1 unspecified atom stereocenters. The molecule has 3 aromatic rings. The van der Waals surface area contributed by atoms with Gasteiger partial charge in [-0.25, -0.2) is 4.98 Å². The molecule has 6 rings (SSSR count). The standard InChI is InChI=1S/C26H30N2OS/c1-25(2)20-15-21-23(30-24(27-21)18-10-5-4-6-11-18)16-22(20)28-14-13-17-9-7-8-12-19(17)26(28,3)29-25/h7-9,12,15-16,18H,4-6,10-11,13-14H2,1-3H3. The third-order valence-electron chi connectivity index (χ3n) is 7.51. The first-order valence-corrected chi connectivity index (χ1v) is 12.3. The zero-order valence-electron chi connectivity index (χ0n) is 18.2. The number of benzene rings is 2. The Morgan fingerprint density at radius 2 is 1.83 bits per heavy atom. The molecule has 3 heterocycles. The average Bonchev–Trinajstić information content (AvgIpc) is 3.16. The number of anilines is 1. The van der Waals surface area contributed by atoms with Crippen molar-refractivity contribution in [3.63, 3.8) is 0 Å². The number of aromatic nitrogens is 1. The van der Waals surface area contributed by atoms with Gasteiger partial charge in [0.15, 0.2) is 5.72 Å². The molecule has 0 saturated heterocycles. The number of fused-ring (bicyclic) bond motifs is 6. The van der Waals surface area contributed by atoms with Gasteiger partial charge in [-0.1, -0.05) is 43.5 Å². The molecule has 3 aliphatic rings. The van der Waals surface area contributed by atoms with Gasteiger partial charge in [0.05, 0.1) is 20.8 Å². The molecule has 156 valence electrons. The monoisotopic (exact) mass is 418 g/mol. The van der Waals surface area contributed by atoms with Crippen molar-refractivity contribution in [2.75, 3.05) is 11.4 Å². The van der Waals surface area contributed by atoms with E-state index in [1.54, 1.807) is 0 Å². The van der Waals surface area contributed by atoms with Gasteiger partial charge in [-0.05, 0) is 57.7 Å². The van der Waals surface area contributed by atoms with E-state index in [9.17, 15) is 0 Å². The molecule has 0 N–H and O–H groups in total. The van der Waals surface area contributed by atoms with E-state index in [0.29, 0.717) is 5.92 Å². The smallest absolute Gasteiger partial charge is 0.165 e. The summed E-state index contributed by atoms with van der Waals surface area (Å²) in [5.41, 5.74) is 5.67. The summed E-state index contributed by atoms with van der Waals surface area (Å²) in [6.07, 6.45) is 7.75. The van der Waals surface area contributed by atoms with Gasteiger partial charge in [-0.2, -0.15) is 0 Å². The molecule has 1 aromatic heterocycles. The summed E-state index contributed by atoms with van der Waals surface area (Å²) < 4.78 is 8.22. The highest BCUT2D eigenvalue weighted by Crippen LogP contribution is 2.52. The first kappa shape index (κ1) is 18.8. The zero-order valence-corrected chi connectivity index (χ0v) is 19.0. The summed E-state index contributed by atoms with van der Waals surface area (Å²) in [4.78, 5) is 7.61. The fourth-order valence-corrected chi connectivity index (χ4v) is 7.16. The molecular formula is C26H30N2OS. The molecule has 30 heavy (non-hydrogen) atoms. The van der Waals surface area contributed by atoms with Crippen LogP contribution in [-0.2, 0) is 22.5 Å². The lowest BCUT2D eigenvalue weighted by Gasteiger charge is -2.55. The summed E-state index contributed by atoms with van der Waals surface area (Å²) in [5, 5.41) is 1.34. The van der Waals surface area contributed by atoms with Crippen LogP contribution < -0.4 is 4.90 Å². The Bertz CT molecular complexity index is 1130. The Balaban J connectivity index is 1.50. The minimum Gasteiger partial charge on any atom is -0.341 e. The van der Waals surface area contributed by atoms with Gasteiger partial charge in [0.2, 0.25) is 0 Å². The lowest BCUT2D eigenvalue weighted by atomic mass is 9.84. The molecule has 0 bridgehead atoms. The van der Waals surface area contributed by atoms with Crippen molar-refractivity contribution < 1.29 is 4.74 Å². The Hall–Kier alpha value is -1.91. The number of thiazole rings is 1. The van der Waals surface area contributed by atoms with Crippen molar-refractivity contribution in [2.45, 2.75) is 76.5 Å². The number of nitrogens with zero attached hydrogens (tertiary/aromatic N) is 2. The van der Waals surface area contributed by atoms with E-state index in [1.165, 1.54) is 64.2 Å². The number of hydrogen-bond donors (Lipinski definition) is 0. The quantitative estimate of drug-likeness (QED) is 0.432. The molecule has 0 spiro atoms. The second kappa shape index (κ2) is 6.54. The zero-order chi connectivity index (χ0) is 20.5. The summed E-state index contributed by atoms with van der Waals surface area (Å²) in [5.74, 6) is 0.657. The first-order valence-electron chi connectivity index (χ1n) is 11.5. The maximum absolute atomic E-state index is 6.89. The van der Waals surface area contributed by atoms with Gasteiger partial charge in [-0.15, -0.1) is 11.3 Å². The highest BCUT2D eigenvalue weighted by atomic mass is 32.1. The fraction of sp³-hybridized carbons (Fsp3) is 0.500. The minimum absolute atomic E-state index is 0.367. The summed E-state index contributed by atoms with van der Waals surface area (Å²) >= 11 is 1.92. The molecule has 0 radical (unpaired) electrons. The summed E-state index contributed by atoms with van der Waals surface area (Å²) in [6, 6.07) is 13.5. The Labute approximate surface area is 183 Å². The van der Waals surface area contributed by atoms with Crippen LogP contribution in [0.3, 0.4) is 0 Å². The molecule has 3 nitrogen and oxygen atoms in total. The van der Waals surface area contributed by atoms with Crippen LogP contribution in [-0.4, -0.2) is 11.5 Å². The highest BCUT2D eigenvalue weighted by molar-refractivity contribution is 7.18. The van der Waals surface area contributed by atoms with Gasteiger partial charge >= 0.3 is 0 Å². The highest BCUT2D eigenvalue weighted by Gasteiger charge is 2.49. The largest absolute Gasteiger partial charge is 0.341 e. The Kier molecular flexibility index (Phi) is 4.11. The molecule has 1 atom stereocenters. The Morgan fingerprint density at radius 1 is 1.03 bits per heavy atom. The van der Waals surface area contributed by atoms with Gasteiger partial charge in [0.25, 0.3) is 0 Å². The van der Waals surface area contributed by atoms with Crippen LogP contribution >= 0.6 is 11.3 Å². The van der Waals surface area contributed by atoms with Gasteiger partial charge in [0.1, 0.15) is 0 Å². The van der Waals surface area contributed by atoms with Crippen LogP contribution in [0, 0.1) is 0 Å². The van der Waals surface area contributed by atoms with Crippen molar-refractivity contribution in [1.29, 1.82) is 0 Å². The van der Waals surface area contributed by atoms with E-state index < -0.39 is 5.72 Å². The predicted octanol–water partition coefficient (Wildman–Crippen LogP) is 6.84. The predicted molar refractivity (Wildman–Crippen MR) is 124 cm³/mol. The molecule has 1 fully saturated rings. The summed E-state index contributed by atoms with van der Waals surface area (Å²) in [6.45, 7) is 7.66. The lowest BCUT2D eigenvalue weighted by Crippen LogP contribution is -2.57. The lowest BCUT2D eigenvalue weighted by molar-refractivity contribution is -0.155. The maximum atomic E-state index is 6.89. The maximum Gasteiger partial charge on any atom is 0.165 e. The topological polar surface area (TPSA) is 25.4 Å². The number of rotatable bonds is 1. The number of ether oxygens (including phenoxy) is 1. The van der Waals surface area contributed by atoms with Crippen molar-refractivity contribution >= 4 is 27.2 Å². The van der Waals surface area contributed by atoms with E-state index in [1.807, 2.05) is 11.3 Å². The van der Waals surface area contributed by atoms with Gasteiger partial charge < -0.3 is 9.64 Å². The third kappa shape index (κ3) is 2.69. The average molecular weight is 419 g/mol. The van der Waals surface area contributed by atoms with E-state index >= 15 is 0 Å². The fourth-order valence-electron chi connectivity index (χ4n) is 6.00. The third-order valence-corrected chi connectivity index (χ3v) is 8.69. The van der Waals surface area contributed by atoms with Crippen LogP contribution in [0.1, 0.15) is 80.5 Å². The van der Waals surface area contributed by atoms with Crippen molar-refractivity contribution in [1.82, 2.24) is 4.98 Å². The minimum atomic E-state index is -0.435. The summed E-state index contributed by atoms with van der Waals surface area (Å²) in [7, 11) is 0. The van der Waals surface area contributed by atoms with E-state index in [0.717, 1.165) is 18.5 Å². The van der Waals surface area contributed by atoms with Crippen LogP contribution in [0.5, 0.6) is 0 Å². The normalized spacial score (nSPS) is 25.6. The van der Waals surface area contributed by atoms with Crippen LogP contribution in [0.25, 0.3) is 10.2 Å². The van der Waals surface area contributed by atoms with Crippen molar-refractivity contribution in [2.24, 2.45) is 0 Å². The number of hydrogen-bond acceptors (Lipinski definition) is 4. The van der Waals surface area contributed by atoms with Crippen LogP contribution in [0.4, 0.5) is 5.69 Å². The first-order chi connectivity index (χ1) is 14.5. The van der Waals surface area contributed by atoms with E-state index in [2.05, 4.69) is 62.1 Å². The molecule has 1 aliphatic carbocycles. The molecule has 1 saturated carbocycles. The van der Waals surface area contributed by atoms with E-state index in [-0.39, 0.29) is 5.60 Å². The second-order valence-electron chi connectivity index (χ2n) is 9.88. The van der Waals surface area contributed by atoms with Crippen LogP contribution in [0.15, 0.2) is 36.4 Å². The van der Waals surface area contributed by atoms with Crippen molar-refractivity contribution in [3.8, 4) is 0 Å². The second-order valence-corrected chi connectivity index (χ2v) is 10.9.